The maximum atomic E-state index is 13.9. The van der Waals surface area contributed by atoms with E-state index in [1.54, 1.807) is 12.1 Å². The number of amides is 2. The lowest BCUT2D eigenvalue weighted by molar-refractivity contribution is -0.139. The van der Waals surface area contributed by atoms with Gasteiger partial charge in [-0.2, -0.15) is 0 Å². The van der Waals surface area contributed by atoms with E-state index in [1.807, 2.05) is 91.2 Å². The van der Waals surface area contributed by atoms with Crippen LogP contribution in [0.15, 0.2) is 72.8 Å². The van der Waals surface area contributed by atoms with Crippen LogP contribution in [0.4, 0.5) is 10.1 Å². The number of benzene rings is 3. The molecule has 8 heteroatoms. The second-order valence-corrected chi connectivity index (χ2v) is 12.9. The predicted octanol–water partition coefficient (Wildman–Crippen LogP) is 7.95. The van der Waals surface area contributed by atoms with Crippen molar-refractivity contribution in [3.63, 3.8) is 0 Å². The number of ether oxygens (including phenoxy) is 1. The average molecular weight is 664 g/mol. The molecule has 254 valence electrons. The number of hydrogen-bond acceptors (Lipinski definition) is 4. The Bertz CT molecular complexity index is 1390. The molecule has 0 saturated carbocycles. The lowest BCUT2D eigenvalue weighted by Gasteiger charge is -2.35. The van der Waals surface area contributed by atoms with Gasteiger partial charge in [-0.3, -0.25) is 9.59 Å². The third-order valence-corrected chi connectivity index (χ3v) is 9.68. The quantitative estimate of drug-likeness (QED) is 0.197. The van der Waals surface area contributed by atoms with Crippen LogP contribution in [-0.2, 0) is 27.4 Å². The van der Waals surface area contributed by atoms with Crippen LogP contribution in [0.25, 0.3) is 0 Å². The highest BCUT2D eigenvalue weighted by Gasteiger charge is 2.31. The fourth-order valence-electron chi connectivity index (χ4n) is 6.45. The summed E-state index contributed by atoms with van der Waals surface area (Å²) in [5.41, 5.74) is 4.06. The van der Waals surface area contributed by atoms with Gasteiger partial charge < -0.3 is 19.4 Å². The highest BCUT2D eigenvalue weighted by Crippen LogP contribution is 2.28. The largest absolute Gasteiger partial charge is 0.367 e. The van der Waals surface area contributed by atoms with E-state index in [2.05, 4.69) is 4.90 Å². The molecule has 0 N–H and O–H groups in total. The maximum Gasteiger partial charge on any atom is 0.248 e. The van der Waals surface area contributed by atoms with Gasteiger partial charge in [0.15, 0.2) is 0 Å². The van der Waals surface area contributed by atoms with Crippen LogP contribution in [0, 0.1) is 24.6 Å². The number of piperidine rings is 2. The molecule has 0 spiro atoms. The lowest BCUT2D eigenvalue weighted by Crippen LogP contribution is -2.46. The van der Waals surface area contributed by atoms with Gasteiger partial charge in [0.1, 0.15) is 12.4 Å². The minimum atomic E-state index is -0.185. The van der Waals surface area contributed by atoms with Gasteiger partial charge in [0.2, 0.25) is 11.8 Å². The molecule has 0 unspecified atom stereocenters. The van der Waals surface area contributed by atoms with Gasteiger partial charge in [-0.15, -0.1) is 0 Å². The molecule has 2 saturated heterocycles. The predicted molar refractivity (Wildman–Crippen MR) is 189 cm³/mol. The molecule has 6 nitrogen and oxygen atoms in total. The van der Waals surface area contributed by atoms with Crippen LogP contribution in [0.1, 0.15) is 62.6 Å². The number of rotatable bonds is 12. The summed E-state index contributed by atoms with van der Waals surface area (Å²) in [7, 11) is 0. The average Bonchev–Trinajstić information content (AvgIpc) is 3.11. The van der Waals surface area contributed by atoms with Crippen LogP contribution >= 0.6 is 11.6 Å². The van der Waals surface area contributed by atoms with Crippen LogP contribution in [0.2, 0.25) is 5.02 Å². The minimum absolute atomic E-state index is 0.0274. The number of likely N-dealkylation sites (tertiary alicyclic amines) is 2. The Balaban J connectivity index is 0.00000245. The van der Waals surface area contributed by atoms with E-state index >= 15 is 0 Å². The molecule has 5 rings (SSSR count). The van der Waals surface area contributed by atoms with Crippen molar-refractivity contribution in [3.05, 3.63) is 100 Å². The number of nitrogens with zero attached hydrogens (tertiary/aromatic N) is 3. The standard InChI is InChI=1S/C37H45ClFN3O3.C2H6/c1-28-8-13-34(25-35(28)38)42(19-5-18-40-20-14-30(15-21-40)24-29-9-11-33(39)12-10-29)37(44)32-16-22-41(23-17-32)36(43)27-45-26-31-6-3-2-4-7-31;1-2/h2-4,6-13,25,30,32H,5,14-24,26-27H2,1H3;1-2H3. The first kappa shape index (κ1) is 36.6. The molecule has 0 radical (unpaired) electrons. The summed E-state index contributed by atoms with van der Waals surface area (Å²) < 4.78 is 18.9. The highest BCUT2D eigenvalue weighted by molar-refractivity contribution is 6.31. The number of aryl methyl sites for hydroxylation is 1. The van der Waals surface area contributed by atoms with Crippen LogP contribution in [0.5, 0.6) is 0 Å². The van der Waals surface area contributed by atoms with Crippen LogP contribution < -0.4 is 4.90 Å². The molecular weight excluding hydrogens is 613 g/mol. The molecule has 0 bridgehead atoms. The SMILES string of the molecule is CC.Cc1ccc(N(CCCN2CCC(Cc3ccc(F)cc3)CC2)C(=O)C2CCN(C(=O)COCc3ccccc3)CC2)cc1Cl. The number of carbonyl (C=O) groups is 2. The second kappa shape index (κ2) is 18.9. The van der Waals surface area contributed by atoms with E-state index in [0.717, 1.165) is 62.1 Å². The summed E-state index contributed by atoms with van der Waals surface area (Å²) in [6, 6.07) is 22.6. The fraction of sp³-hybridized carbons (Fsp3) is 0.487. The monoisotopic (exact) mass is 663 g/mol. The summed E-state index contributed by atoms with van der Waals surface area (Å²) in [5, 5.41) is 0.657. The van der Waals surface area contributed by atoms with Gasteiger partial charge in [-0.05, 0) is 112 Å². The summed E-state index contributed by atoms with van der Waals surface area (Å²) in [6.45, 7) is 11.2. The summed E-state index contributed by atoms with van der Waals surface area (Å²) >= 11 is 6.50. The van der Waals surface area contributed by atoms with Gasteiger partial charge in [-0.25, -0.2) is 4.39 Å². The van der Waals surface area contributed by atoms with Crippen molar-refractivity contribution in [3.8, 4) is 0 Å². The third-order valence-electron chi connectivity index (χ3n) is 9.27. The molecular formula is C39H51ClFN3O3. The van der Waals surface area contributed by atoms with Crippen molar-refractivity contribution in [2.45, 2.75) is 65.9 Å². The lowest BCUT2D eigenvalue weighted by atomic mass is 9.90. The Hall–Kier alpha value is -3.26. The molecule has 0 aliphatic carbocycles. The zero-order valence-corrected chi connectivity index (χ0v) is 29.1. The van der Waals surface area contributed by atoms with Crippen molar-refractivity contribution in [1.29, 1.82) is 0 Å². The first-order valence-corrected chi connectivity index (χ1v) is 17.7. The van der Waals surface area contributed by atoms with E-state index in [9.17, 15) is 14.0 Å². The van der Waals surface area contributed by atoms with E-state index in [4.69, 9.17) is 16.3 Å². The third kappa shape index (κ3) is 11.2. The van der Waals surface area contributed by atoms with Gasteiger partial charge >= 0.3 is 0 Å². The molecule has 3 aromatic carbocycles. The molecule has 2 aliphatic heterocycles. The first-order chi connectivity index (χ1) is 22.9. The Morgan fingerprint density at radius 2 is 1.57 bits per heavy atom. The second-order valence-electron chi connectivity index (χ2n) is 12.5. The minimum Gasteiger partial charge on any atom is -0.367 e. The van der Waals surface area contributed by atoms with Gasteiger partial charge in [0.25, 0.3) is 0 Å². The molecule has 2 aliphatic rings. The van der Waals surface area contributed by atoms with Crippen LogP contribution in [-0.4, -0.2) is 67.5 Å². The maximum absolute atomic E-state index is 13.9. The molecule has 47 heavy (non-hydrogen) atoms. The summed E-state index contributed by atoms with van der Waals surface area (Å²) in [6.07, 6.45) is 5.40. The zero-order valence-electron chi connectivity index (χ0n) is 28.3. The smallest absolute Gasteiger partial charge is 0.248 e. The zero-order chi connectivity index (χ0) is 33.6. The Kier molecular flexibility index (Phi) is 14.7. The normalized spacial score (nSPS) is 16.0. The molecule has 3 aromatic rings. The fourth-order valence-corrected chi connectivity index (χ4v) is 6.63. The molecule has 2 amide bonds. The van der Waals surface area contributed by atoms with E-state index in [-0.39, 0.29) is 30.2 Å². The molecule has 2 heterocycles. The Morgan fingerprint density at radius 1 is 0.894 bits per heavy atom. The highest BCUT2D eigenvalue weighted by atomic mass is 35.5. The Labute approximate surface area is 285 Å². The van der Waals surface area contributed by atoms with Crippen molar-refractivity contribution in [2.24, 2.45) is 11.8 Å². The Morgan fingerprint density at radius 3 is 2.23 bits per heavy atom. The van der Waals surface area contributed by atoms with Gasteiger partial charge in [0, 0.05) is 36.3 Å². The number of hydrogen-bond donors (Lipinski definition) is 0. The van der Waals surface area contributed by atoms with Crippen molar-refractivity contribution >= 4 is 29.1 Å². The van der Waals surface area contributed by atoms with Gasteiger partial charge in [0.05, 0.1) is 6.61 Å². The topological polar surface area (TPSA) is 53.1 Å². The first-order valence-electron chi connectivity index (χ1n) is 17.3. The van der Waals surface area contributed by atoms with Gasteiger partial charge in [-0.1, -0.05) is 74.0 Å². The summed E-state index contributed by atoms with van der Waals surface area (Å²) in [5.74, 6) is 0.379. The number of carbonyl (C=O) groups excluding carboxylic acids is 2. The van der Waals surface area contributed by atoms with Crippen molar-refractivity contribution in [2.75, 3.05) is 50.8 Å². The summed E-state index contributed by atoms with van der Waals surface area (Å²) in [4.78, 5) is 32.9. The molecule has 2 fully saturated rings. The van der Waals surface area contributed by atoms with Crippen molar-refractivity contribution < 1.29 is 18.7 Å². The molecule has 0 atom stereocenters. The number of anilines is 1. The molecule has 0 aromatic heterocycles. The van der Waals surface area contributed by atoms with E-state index < -0.39 is 0 Å². The van der Waals surface area contributed by atoms with E-state index in [0.29, 0.717) is 50.0 Å². The van der Waals surface area contributed by atoms with Crippen LogP contribution in [0.3, 0.4) is 0 Å². The van der Waals surface area contributed by atoms with E-state index in [1.165, 1.54) is 5.56 Å². The number of halogens is 2. The van der Waals surface area contributed by atoms with Crippen molar-refractivity contribution in [1.82, 2.24) is 9.80 Å².